The Labute approximate surface area is 193 Å². The number of aryl methyl sites for hydroxylation is 1. The van der Waals surface area contributed by atoms with Crippen molar-refractivity contribution < 1.29 is 14.6 Å². The lowest BCUT2D eigenvalue weighted by molar-refractivity contribution is 0.0903. The molecular weight excluding hydrogens is 446 g/mol. The van der Waals surface area contributed by atoms with Gasteiger partial charge in [-0.2, -0.15) is 10.1 Å². The van der Waals surface area contributed by atoms with Crippen molar-refractivity contribution in [2.24, 2.45) is 7.05 Å². The van der Waals surface area contributed by atoms with Crippen molar-refractivity contribution in [3.63, 3.8) is 0 Å². The standard InChI is InChI=1S/C22H22ClN7O3/c1-30-21(25-16-6-5-15-14(18(16)23)10-24-28-15)26-19(29-30)12-3-4-13(17(9-12)33-2)20(32)27-22(11-31)7-8-22/h3-6,9-10,31H,7-8,11H2,1-2H3,(H,24,28)(H,27,32)(H,25,26,29). The van der Waals surface area contributed by atoms with Crippen LogP contribution in [0.25, 0.3) is 22.3 Å². The Morgan fingerprint density at radius 3 is 2.88 bits per heavy atom. The molecule has 0 bridgehead atoms. The fraction of sp³-hybridized carbons (Fsp3) is 0.273. The van der Waals surface area contributed by atoms with Crippen LogP contribution in [0.2, 0.25) is 5.02 Å². The normalized spacial score (nSPS) is 14.3. The second-order valence-electron chi connectivity index (χ2n) is 8.07. The Hall–Kier alpha value is -3.63. The zero-order chi connectivity index (χ0) is 23.2. The third-order valence-electron chi connectivity index (χ3n) is 5.81. The minimum Gasteiger partial charge on any atom is -0.496 e. The SMILES string of the molecule is COc1cc(-c2nc(Nc3ccc4[nH]ncc4c3Cl)n(C)n2)ccc1C(=O)NC1(CO)CC1. The first-order chi connectivity index (χ1) is 15.9. The molecule has 10 nitrogen and oxygen atoms in total. The summed E-state index contributed by atoms with van der Waals surface area (Å²) in [6, 6.07) is 8.87. The molecule has 2 aromatic heterocycles. The second-order valence-corrected chi connectivity index (χ2v) is 8.45. The van der Waals surface area contributed by atoms with Gasteiger partial charge in [0.15, 0.2) is 5.82 Å². The van der Waals surface area contributed by atoms with E-state index >= 15 is 0 Å². The van der Waals surface area contributed by atoms with Gasteiger partial charge in [-0.15, -0.1) is 5.10 Å². The predicted octanol–water partition coefficient (Wildman–Crippen LogP) is 3.02. The zero-order valence-electron chi connectivity index (χ0n) is 18.0. The van der Waals surface area contributed by atoms with Gasteiger partial charge >= 0.3 is 0 Å². The number of hydrogen-bond acceptors (Lipinski definition) is 7. The van der Waals surface area contributed by atoms with E-state index in [0.717, 1.165) is 23.7 Å². The average Bonchev–Trinajstić information content (AvgIpc) is 3.24. The number of nitrogens with one attached hydrogen (secondary N) is 3. The third kappa shape index (κ3) is 3.87. The van der Waals surface area contributed by atoms with Crippen LogP contribution in [0.15, 0.2) is 36.5 Å². The van der Waals surface area contributed by atoms with E-state index in [1.54, 1.807) is 36.1 Å². The Morgan fingerprint density at radius 2 is 2.15 bits per heavy atom. The van der Waals surface area contributed by atoms with Crippen LogP contribution >= 0.6 is 11.6 Å². The summed E-state index contributed by atoms with van der Waals surface area (Å²) < 4.78 is 7.06. The number of aromatic amines is 1. The molecule has 0 spiro atoms. The van der Waals surface area contributed by atoms with Crippen LogP contribution in [0.4, 0.5) is 11.6 Å². The highest BCUT2D eigenvalue weighted by atomic mass is 35.5. The Kier molecular flexibility index (Phi) is 5.18. The summed E-state index contributed by atoms with van der Waals surface area (Å²) in [7, 11) is 3.27. The van der Waals surface area contributed by atoms with Crippen LogP contribution < -0.4 is 15.4 Å². The molecule has 4 N–H and O–H groups in total. The molecule has 1 amide bonds. The Morgan fingerprint density at radius 1 is 1.33 bits per heavy atom. The van der Waals surface area contributed by atoms with Gasteiger partial charge in [0.1, 0.15) is 5.75 Å². The maximum Gasteiger partial charge on any atom is 0.255 e. The van der Waals surface area contributed by atoms with Crippen molar-refractivity contribution in [1.29, 1.82) is 0 Å². The molecule has 0 saturated heterocycles. The largest absolute Gasteiger partial charge is 0.496 e. The van der Waals surface area contributed by atoms with Crippen molar-refractivity contribution in [3.8, 4) is 17.1 Å². The minimum atomic E-state index is -0.509. The number of nitrogens with zero attached hydrogens (tertiary/aromatic N) is 4. The van der Waals surface area contributed by atoms with Crippen molar-refractivity contribution in [2.75, 3.05) is 19.0 Å². The summed E-state index contributed by atoms with van der Waals surface area (Å²) in [6.07, 6.45) is 3.20. The summed E-state index contributed by atoms with van der Waals surface area (Å²) in [6.45, 7) is -0.0790. The molecule has 11 heteroatoms. The average molecular weight is 468 g/mol. The first-order valence-electron chi connectivity index (χ1n) is 10.3. The number of halogens is 1. The number of anilines is 2. The van der Waals surface area contributed by atoms with Gasteiger partial charge in [-0.3, -0.25) is 9.89 Å². The lowest BCUT2D eigenvalue weighted by Gasteiger charge is -2.16. The molecular formula is C22H22ClN7O3. The molecule has 5 rings (SSSR count). The highest BCUT2D eigenvalue weighted by Crippen LogP contribution is 2.36. The van der Waals surface area contributed by atoms with E-state index in [0.29, 0.717) is 39.4 Å². The van der Waals surface area contributed by atoms with Gasteiger partial charge in [0, 0.05) is 18.0 Å². The van der Waals surface area contributed by atoms with Gasteiger partial charge in [0.25, 0.3) is 5.91 Å². The summed E-state index contributed by atoms with van der Waals surface area (Å²) >= 11 is 6.51. The van der Waals surface area contributed by atoms with E-state index in [-0.39, 0.29) is 12.5 Å². The fourth-order valence-corrected chi connectivity index (χ4v) is 3.88. The molecule has 170 valence electrons. The number of aromatic nitrogens is 5. The van der Waals surface area contributed by atoms with Gasteiger partial charge in [0.05, 0.1) is 47.2 Å². The zero-order valence-corrected chi connectivity index (χ0v) is 18.8. The van der Waals surface area contributed by atoms with Crippen LogP contribution in [-0.4, -0.2) is 55.2 Å². The Balaban J connectivity index is 1.41. The highest BCUT2D eigenvalue weighted by molar-refractivity contribution is 6.38. The number of amides is 1. The molecule has 33 heavy (non-hydrogen) atoms. The molecule has 1 fully saturated rings. The summed E-state index contributed by atoms with van der Waals surface area (Å²) in [5.74, 6) is 1.06. The first-order valence-corrected chi connectivity index (χ1v) is 10.7. The van der Waals surface area contributed by atoms with Gasteiger partial charge in [-0.05, 0) is 37.1 Å². The van der Waals surface area contributed by atoms with Crippen LogP contribution in [0.3, 0.4) is 0 Å². The van der Waals surface area contributed by atoms with E-state index in [1.165, 1.54) is 7.11 Å². The van der Waals surface area contributed by atoms with Gasteiger partial charge in [-0.25, -0.2) is 4.68 Å². The summed E-state index contributed by atoms with van der Waals surface area (Å²) in [4.78, 5) is 17.3. The van der Waals surface area contributed by atoms with Gasteiger partial charge in [0.2, 0.25) is 5.95 Å². The number of aliphatic hydroxyl groups excluding tert-OH is 1. The van der Waals surface area contributed by atoms with Crippen LogP contribution in [-0.2, 0) is 7.05 Å². The fourth-order valence-electron chi connectivity index (χ4n) is 3.62. The van der Waals surface area contributed by atoms with E-state index in [2.05, 4.69) is 30.9 Å². The number of carbonyl (C=O) groups is 1. The monoisotopic (exact) mass is 467 g/mol. The predicted molar refractivity (Wildman–Crippen MR) is 124 cm³/mol. The molecule has 0 aliphatic heterocycles. The third-order valence-corrected chi connectivity index (χ3v) is 6.21. The lowest BCUT2D eigenvalue weighted by Crippen LogP contribution is -2.39. The number of aliphatic hydroxyl groups is 1. The number of fused-ring (bicyclic) bond motifs is 1. The molecule has 1 saturated carbocycles. The van der Waals surface area contributed by atoms with Crippen molar-refractivity contribution >= 4 is 40.0 Å². The van der Waals surface area contributed by atoms with Crippen LogP contribution in [0, 0.1) is 0 Å². The number of methoxy groups -OCH3 is 1. The van der Waals surface area contributed by atoms with Crippen molar-refractivity contribution in [2.45, 2.75) is 18.4 Å². The topological polar surface area (TPSA) is 130 Å². The van der Waals surface area contributed by atoms with Crippen molar-refractivity contribution in [3.05, 3.63) is 47.1 Å². The molecule has 0 radical (unpaired) electrons. The van der Waals surface area contributed by atoms with E-state index in [1.807, 2.05) is 12.1 Å². The van der Waals surface area contributed by atoms with Crippen molar-refractivity contribution in [1.82, 2.24) is 30.3 Å². The highest BCUT2D eigenvalue weighted by Gasteiger charge is 2.43. The number of carbonyl (C=O) groups excluding carboxylic acids is 1. The summed E-state index contributed by atoms with van der Waals surface area (Å²) in [5, 5.41) is 28.3. The quantitative estimate of drug-likeness (QED) is 0.328. The molecule has 2 heterocycles. The van der Waals surface area contributed by atoms with Crippen LogP contribution in [0.1, 0.15) is 23.2 Å². The van der Waals surface area contributed by atoms with Gasteiger partial charge < -0.3 is 20.5 Å². The number of ether oxygens (including phenoxy) is 1. The molecule has 0 atom stereocenters. The number of benzene rings is 2. The molecule has 2 aromatic carbocycles. The molecule has 4 aromatic rings. The van der Waals surface area contributed by atoms with E-state index in [9.17, 15) is 9.90 Å². The molecule has 1 aliphatic carbocycles. The molecule has 1 aliphatic rings. The number of H-pyrrole nitrogens is 1. The van der Waals surface area contributed by atoms with Crippen LogP contribution in [0.5, 0.6) is 5.75 Å². The molecule has 0 unspecified atom stereocenters. The van der Waals surface area contributed by atoms with Gasteiger partial charge in [-0.1, -0.05) is 17.7 Å². The Bertz CT molecular complexity index is 1360. The summed E-state index contributed by atoms with van der Waals surface area (Å²) in [5.41, 5.74) is 2.08. The number of rotatable bonds is 7. The lowest BCUT2D eigenvalue weighted by atomic mass is 10.1. The number of hydrogen-bond donors (Lipinski definition) is 4. The van der Waals surface area contributed by atoms with E-state index in [4.69, 9.17) is 16.3 Å². The smallest absolute Gasteiger partial charge is 0.255 e. The maximum atomic E-state index is 12.7. The van der Waals surface area contributed by atoms with E-state index < -0.39 is 5.54 Å². The minimum absolute atomic E-state index is 0.0790. The second kappa shape index (κ2) is 8.05. The maximum absolute atomic E-state index is 12.7. The first kappa shape index (κ1) is 21.2.